The molecule has 3 rings (SSSR count). The normalized spacial score (nSPS) is 15.0. The van der Waals surface area contributed by atoms with Gasteiger partial charge < -0.3 is 19.3 Å². The number of hydrogen-bond donors (Lipinski definition) is 1. The Labute approximate surface area is 163 Å². The molecule has 0 radical (unpaired) electrons. The fourth-order valence-corrected chi connectivity index (χ4v) is 3.27. The quantitative estimate of drug-likeness (QED) is 0.689. The van der Waals surface area contributed by atoms with Crippen LogP contribution in [-0.4, -0.2) is 67.6 Å². The van der Waals surface area contributed by atoms with Gasteiger partial charge in [0, 0.05) is 37.3 Å². The molecule has 0 amide bonds. The second kappa shape index (κ2) is 9.21. The number of nitrogens with zero attached hydrogens (tertiary/aromatic N) is 3. The average Bonchev–Trinajstić information content (AvgIpc) is 3.12. The van der Waals surface area contributed by atoms with Gasteiger partial charge in [-0.25, -0.2) is 4.79 Å². The molecule has 0 atom stereocenters. The van der Waals surface area contributed by atoms with Crippen LogP contribution < -0.4 is 4.90 Å². The molecule has 1 N–H and O–H groups in total. The van der Waals surface area contributed by atoms with Gasteiger partial charge in [-0.1, -0.05) is 16.8 Å². The van der Waals surface area contributed by atoms with Gasteiger partial charge in [0.25, 0.3) is 0 Å². The first-order chi connectivity index (χ1) is 13.1. The zero-order chi connectivity index (χ0) is 19.2. The highest BCUT2D eigenvalue weighted by Gasteiger charge is 2.26. The van der Waals surface area contributed by atoms with Crippen molar-refractivity contribution in [2.24, 2.45) is 0 Å². The predicted molar refractivity (Wildman–Crippen MR) is 104 cm³/mol. The summed E-state index contributed by atoms with van der Waals surface area (Å²) >= 11 is 5.90. The molecule has 146 valence electrons. The number of carbonyl (C=O) groups is 1. The van der Waals surface area contributed by atoms with E-state index in [1.165, 1.54) is 0 Å². The molecule has 1 aliphatic rings. The van der Waals surface area contributed by atoms with E-state index >= 15 is 0 Å². The molecule has 7 nitrogen and oxygen atoms in total. The smallest absolute Gasteiger partial charge is 0.343 e. The molecule has 0 aliphatic carbocycles. The van der Waals surface area contributed by atoms with Crippen LogP contribution in [0.5, 0.6) is 0 Å². The maximum absolute atomic E-state index is 11.8. The molecule has 0 bridgehead atoms. The molecule has 0 unspecified atom stereocenters. The summed E-state index contributed by atoms with van der Waals surface area (Å²) in [6.45, 7) is 5.29. The summed E-state index contributed by atoms with van der Waals surface area (Å²) in [5.74, 6) is -0.468. The molecule has 27 heavy (non-hydrogen) atoms. The van der Waals surface area contributed by atoms with Gasteiger partial charge in [-0.05, 0) is 43.7 Å². The molecule has 1 saturated heterocycles. The number of unbranched alkanes of at least 4 members (excludes halogenated alkanes) is 1. The Morgan fingerprint density at radius 2 is 1.96 bits per heavy atom. The number of rotatable bonds is 8. The van der Waals surface area contributed by atoms with Crippen LogP contribution in [0, 0.1) is 0 Å². The number of aromatic nitrogens is 1. The third-order valence-electron chi connectivity index (χ3n) is 4.68. The number of anilines is 1. The van der Waals surface area contributed by atoms with Crippen molar-refractivity contribution in [2.45, 2.75) is 12.8 Å². The van der Waals surface area contributed by atoms with E-state index in [9.17, 15) is 9.90 Å². The van der Waals surface area contributed by atoms with Crippen LogP contribution in [0.4, 0.5) is 5.82 Å². The summed E-state index contributed by atoms with van der Waals surface area (Å²) in [5.41, 5.74) is 0.712. The van der Waals surface area contributed by atoms with E-state index in [0.29, 0.717) is 22.9 Å². The number of carboxylic acids is 1. The number of aromatic carboxylic acids is 1. The number of halogens is 1. The zero-order valence-electron chi connectivity index (χ0n) is 15.4. The number of morpholine rings is 1. The summed E-state index contributed by atoms with van der Waals surface area (Å²) in [6, 6.07) is 6.84. The minimum Gasteiger partial charge on any atom is -0.477 e. The van der Waals surface area contributed by atoms with Gasteiger partial charge in [0.1, 0.15) is 0 Å². The Hall–Kier alpha value is -2.09. The van der Waals surface area contributed by atoms with Gasteiger partial charge in [0.05, 0.1) is 13.2 Å². The Bertz CT molecular complexity index is 757. The second-order valence-electron chi connectivity index (χ2n) is 6.61. The van der Waals surface area contributed by atoms with Crippen molar-refractivity contribution >= 4 is 23.4 Å². The van der Waals surface area contributed by atoms with Crippen LogP contribution in [0.1, 0.15) is 23.2 Å². The van der Waals surface area contributed by atoms with Crippen molar-refractivity contribution < 1.29 is 19.2 Å². The number of hydrogen-bond acceptors (Lipinski definition) is 6. The molecular formula is C19H24ClN3O4. The summed E-state index contributed by atoms with van der Waals surface area (Å²) in [5, 5.41) is 14.3. The van der Waals surface area contributed by atoms with Crippen LogP contribution in [0.2, 0.25) is 5.02 Å². The van der Waals surface area contributed by atoms with Gasteiger partial charge in [-0.3, -0.25) is 4.90 Å². The zero-order valence-corrected chi connectivity index (χ0v) is 16.1. The number of carboxylic acid groups (broad SMARTS) is 1. The maximum Gasteiger partial charge on any atom is 0.343 e. The van der Waals surface area contributed by atoms with Gasteiger partial charge >= 0.3 is 5.97 Å². The van der Waals surface area contributed by atoms with Crippen LogP contribution in [0.3, 0.4) is 0 Å². The van der Waals surface area contributed by atoms with Crippen LogP contribution >= 0.6 is 11.6 Å². The summed E-state index contributed by atoms with van der Waals surface area (Å²) in [6.07, 6.45) is 1.98. The van der Waals surface area contributed by atoms with Crippen LogP contribution in [0.25, 0.3) is 11.3 Å². The highest BCUT2D eigenvalue weighted by molar-refractivity contribution is 6.30. The van der Waals surface area contributed by atoms with Gasteiger partial charge in [-0.2, -0.15) is 0 Å². The number of benzene rings is 1. The minimum atomic E-state index is -1.06. The maximum atomic E-state index is 11.8. The number of ether oxygens (including phenoxy) is 1. The van der Waals surface area contributed by atoms with Crippen molar-refractivity contribution in [1.29, 1.82) is 0 Å². The van der Waals surface area contributed by atoms with Crippen molar-refractivity contribution in [3.63, 3.8) is 0 Å². The Morgan fingerprint density at radius 1 is 1.26 bits per heavy atom. The molecular weight excluding hydrogens is 370 g/mol. The topological polar surface area (TPSA) is 79.0 Å². The Kier molecular flexibility index (Phi) is 6.71. The fraction of sp³-hybridized carbons (Fsp3) is 0.474. The molecule has 1 fully saturated rings. The molecule has 1 aromatic heterocycles. The molecule has 2 heterocycles. The van der Waals surface area contributed by atoms with E-state index < -0.39 is 5.97 Å². The molecule has 1 aliphatic heterocycles. The summed E-state index contributed by atoms with van der Waals surface area (Å²) in [7, 11) is 1.84. The lowest BCUT2D eigenvalue weighted by atomic mass is 10.1. The van der Waals surface area contributed by atoms with E-state index in [-0.39, 0.29) is 11.3 Å². The molecule has 0 spiro atoms. The molecule has 1 aromatic carbocycles. The first-order valence-electron chi connectivity index (χ1n) is 9.06. The highest BCUT2D eigenvalue weighted by Crippen LogP contribution is 2.31. The standard InChI is InChI=1S/C19H24ClN3O4/c1-22(8-2-3-9-23-10-12-26-13-11-23)18-16(19(24)25)17(27-21-18)14-4-6-15(20)7-5-14/h4-7H,2-3,8-13H2,1H3,(H,24,25). The van der Waals surface area contributed by atoms with Gasteiger partial charge in [0.15, 0.2) is 17.1 Å². The lowest BCUT2D eigenvalue weighted by Crippen LogP contribution is -2.37. The Balaban J connectivity index is 1.63. The van der Waals surface area contributed by atoms with Crippen LogP contribution in [-0.2, 0) is 4.74 Å². The lowest BCUT2D eigenvalue weighted by molar-refractivity contribution is 0.0372. The average molecular weight is 394 g/mol. The molecule has 0 saturated carbocycles. The van der Waals surface area contributed by atoms with E-state index in [1.807, 2.05) is 11.9 Å². The first kappa shape index (κ1) is 19.7. The highest BCUT2D eigenvalue weighted by atomic mass is 35.5. The SMILES string of the molecule is CN(CCCCN1CCOCC1)c1noc(-c2ccc(Cl)cc2)c1C(=O)O. The summed E-state index contributed by atoms with van der Waals surface area (Å²) < 4.78 is 10.7. The first-order valence-corrected chi connectivity index (χ1v) is 9.44. The molecule has 8 heteroatoms. The molecule has 2 aromatic rings. The van der Waals surface area contributed by atoms with Crippen molar-refractivity contribution in [3.8, 4) is 11.3 Å². The largest absolute Gasteiger partial charge is 0.477 e. The van der Waals surface area contributed by atoms with Crippen molar-refractivity contribution in [2.75, 3.05) is 51.3 Å². The Morgan fingerprint density at radius 3 is 2.63 bits per heavy atom. The summed E-state index contributed by atoms with van der Waals surface area (Å²) in [4.78, 5) is 16.0. The predicted octanol–water partition coefficient (Wildman–Crippen LogP) is 3.24. The van der Waals surface area contributed by atoms with Crippen molar-refractivity contribution in [3.05, 3.63) is 34.9 Å². The van der Waals surface area contributed by atoms with E-state index in [4.69, 9.17) is 20.9 Å². The lowest BCUT2D eigenvalue weighted by Gasteiger charge is -2.26. The third-order valence-corrected chi connectivity index (χ3v) is 4.93. The van der Waals surface area contributed by atoms with E-state index in [0.717, 1.165) is 45.7 Å². The van der Waals surface area contributed by atoms with E-state index in [2.05, 4.69) is 10.1 Å². The van der Waals surface area contributed by atoms with Gasteiger partial charge in [0.2, 0.25) is 0 Å². The van der Waals surface area contributed by atoms with E-state index in [1.54, 1.807) is 24.3 Å². The van der Waals surface area contributed by atoms with Gasteiger partial charge in [-0.15, -0.1) is 0 Å². The minimum absolute atomic E-state index is 0.0769. The third kappa shape index (κ3) is 5.00. The monoisotopic (exact) mass is 393 g/mol. The second-order valence-corrected chi connectivity index (χ2v) is 7.04. The van der Waals surface area contributed by atoms with Crippen molar-refractivity contribution in [1.82, 2.24) is 10.1 Å². The van der Waals surface area contributed by atoms with Crippen LogP contribution in [0.15, 0.2) is 28.8 Å². The fourth-order valence-electron chi connectivity index (χ4n) is 3.15.